The predicted molar refractivity (Wildman–Crippen MR) is 258 cm³/mol. The molecule has 9 aromatic rings. The fraction of sp³-hybridized carbons (Fsp3) is 0.115. The third kappa shape index (κ3) is 4.48. The number of nitrogens with zero attached hydrogens (tertiary/aromatic N) is 1. The first-order valence-electron chi connectivity index (χ1n) is 22.1. The summed E-state index contributed by atoms with van der Waals surface area (Å²) in [5.41, 5.74) is 26.5. The van der Waals surface area contributed by atoms with E-state index < -0.39 is 5.41 Å². The van der Waals surface area contributed by atoms with E-state index in [0.29, 0.717) is 0 Å². The SMILES string of the molecule is CC1(C)c2ccccc2-c2ccc(N(c3ccc4c(c3)C(C)(C)c3ccccc3-4)c3cc(-c4ccccc4)cc4c3-c3ccccc3C43c4ccccc4-c4ccccc43)cc21. The van der Waals surface area contributed by atoms with E-state index in [0.717, 1.165) is 11.4 Å². The Morgan fingerprint density at radius 3 is 1.18 bits per heavy atom. The summed E-state index contributed by atoms with van der Waals surface area (Å²) < 4.78 is 0. The minimum atomic E-state index is -0.493. The van der Waals surface area contributed by atoms with Gasteiger partial charge in [0.25, 0.3) is 0 Å². The van der Waals surface area contributed by atoms with Crippen LogP contribution in [0.3, 0.4) is 0 Å². The minimum absolute atomic E-state index is 0.156. The molecule has 0 N–H and O–H groups in total. The Bertz CT molecular complexity index is 3210. The fourth-order valence-corrected chi connectivity index (χ4v) is 12.3. The van der Waals surface area contributed by atoms with Crippen LogP contribution >= 0.6 is 0 Å². The molecule has 9 aromatic carbocycles. The largest absolute Gasteiger partial charge is 0.310 e. The summed E-state index contributed by atoms with van der Waals surface area (Å²) in [6.45, 7) is 9.57. The lowest BCUT2D eigenvalue weighted by Crippen LogP contribution is -2.26. The van der Waals surface area contributed by atoms with E-state index >= 15 is 0 Å². The van der Waals surface area contributed by atoms with Crippen molar-refractivity contribution in [2.75, 3.05) is 4.90 Å². The van der Waals surface area contributed by atoms with Crippen molar-refractivity contribution in [3.8, 4) is 55.6 Å². The van der Waals surface area contributed by atoms with Gasteiger partial charge in [0, 0.05) is 27.8 Å². The maximum Gasteiger partial charge on any atom is 0.0726 e. The Kier molecular flexibility index (Phi) is 7.12. The van der Waals surface area contributed by atoms with E-state index in [1.807, 2.05) is 0 Å². The van der Waals surface area contributed by atoms with Gasteiger partial charge in [0.15, 0.2) is 0 Å². The summed E-state index contributed by atoms with van der Waals surface area (Å²) >= 11 is 0. The molecule has 294 valence electrons. The van der Waals surface area contributed by atoms with Gasteiger partial charge in [-0.2, -0.15) is 0 Å². The summed E-state index contributed by atoms with van der Waals surface area (Å²) in [7, 11) is 0. The highest BCUT2D eigenvalue weighted by atomic mass is 15.1. The molecule has 0 atom stereocenters. The number of rotatable bonds is 4. The molecule has 4 aliphatic rings. The van der Waals surface area contributed by atoms with Crippen LogP contribution in [0.4, 0.5) is 17.1 Å². The minimum Gasteiger partial charge on any atom is -0.310 e. The normalized spacial score (nSPS) is 15.5. The first-order chi connectivity index (χ1) is 30.3. The molecular weight excluding hydrogens is 747 g/mol. The zero-order valence-electron chi connectivity index (χ0n) is 35.5. The Morgan fingerprint density at radius 1 is 0.290 bits per heavy atom. The molecule has 0 saturated carbocycles. The van der Waals surface area contributed by atoms with Crippen LogP contribution in [0.1, 0.15) is 72.2 Å². The molecule has 0 unspecified atom stereocenters. The molecule has 13 rings (SSSR count). The van der Waals surface area contributed by atoms with Crippen LogP contribution in [0.2, 0.25) is 0 Å². The predicted octanol–water partition coefficient (Wildman–Crippen LogP) is 15.8. The van der Waals surface area contributed by atoms with Crippen LogP contribution in [-0.4, -0.2) is 0 Å². The average molecular weight is 792 g/mol. The fourth-order valence-electron chi connectivity index (χ4n) is 12.3. The molecule has 0 fully saturated rings. The third-order valence-corrected chi connectivity index (χ3v) is 15.1. The second-order valence-electron chi connectivity index (χ2n) is 18.8. The quantitative estimate of drug-likeness (QED) is 0.172. The Balaban J connectivity index is 1.16. The van der Waals surface area contributed by atoms with E-state index in [1.54, 1.807) is 0 Å². The molecule has 1 nitrogen and oxygen atoms in total. The molecule has 0 radical (unpaired) electrons. The summed E-state index contributed by atoms with van der Waals surface area (Å²) in [6.07, 6.45) is 0. The van der Waals surface area contributed by atoms with E-state index in [9.17, 15) is 0 Å². The van der Waals surface area contributed by atoms with Crippen molar-refractivity contribution < 1.29 is 0 Å². The lowest BCUT2D eigenvalue weighted by atomic mass is 9.70. The van der Waals surface area contributed by atoms with Crippen molar-refractivity contribution in [2.24, 2.45) is 0 Å². The zero-order chi connectivity index (χ0) is 41.5. The highest BCUT2D eigenvalue weighted by Gasteiger charge is 2.53. The van der Waals surface area contributed by atoms with Gasteiger partial charge in [-0.1, -0.05) is 191 Å². The monoisotopic (exact) mass is 791 g/mol. The zero-order valence-corrected chi connectivity index (χ0v) is 35.5. The highest BCUT2D eigenvalue weighted by Crippen LogP contribution is 2.66. The van der Waals surface area contributed by atoms with E-state index in [-0.39, 0.29) is 10.8 Å². The van der Waals surface area contributed by atoms with Gasteiger partial charge >= 0.3 is 0 Å². The lowest BCUT2D eigenvalue weighted by molar-refractivity contribution is 0.660. The van der Waals surface area contributed by atoms with Gasteiger partial charge in [0.1, 0.15) is 0 Å². The summed E-state index contributed by atoms with van der Waals surface area (Å²) in [5, 5.41) is 0. The maximum atomic E-state index is 2.60. The van der Waals surface area contributed by atoms with Crippen LogP contribution < -0.4 is 4.90 Å². The van der Waals surface area contributed by atoms with Gasteiger partial charge in [-0.15, -0.1) is 0 Å². The van der Waals surface area contributed by atoms with Crippen molar-refractivity contribution in [3.63, 3.8) is 0 Å². The first kappa shape index (κ1) is 35.5. The third-order valence-electron chi connectivity index (χ3n) is 15.1. The van der Waals surface area contributed by atoms with E-state index in [2.05, 4.69) is 233 Å². The molecule has 1 heteroatoms. The van der Waals surface area contributed by atoms with Crippen molar-refractivity contribution >= 4 is 17.1 Å². The molecule has 0 saturated heterocycles. The molecule has 0 aliphatic heterocycles. The number of hydrogen-bond donors (Lipinski definition) is 0. The van der Waals surface area contributed by atoms with Crippen LogP contribution in [-0.2, 0) is 16.2 Å². The van der Waals surface area contributed by atoms with Crippen LogP contribution in [0.25, 0.3) is 55.6 Å². The Labute approximate surface area is 364 Å². The van der Waals surface area contributed by atoms with Crippen LogP contribution in [0, 0.1) is 0 Å². The van der Waals surface area contributed by atoms with Gasteiger partial charge in [-0.25, -0.2) is 0 Å². The molecule has 62 heavy (non-hydrogen) atoms. The molecule has 0 aromatic heterocycles. The summed E-state index contributed by atoms with van der Waals surface area (Å²) in [6, 6.07) is 76.0. The smallest absolute Gasteiger partial charge is 0.0726 e. The van der Waals surface area contributed by atoms with E-state index in [4.69, 9.17) is 0 Å². The lowest BCUT2D eigenvalue weighted by Gasteiger charge is -2.33. The van der Waals surface area contributed by atoms with E-state index in [1.165, 1.54) is 106 Å². The summed E-state index contributed by atoms with van der Waals surface area (Å²) in [5.74, 6) is 0. The standard InChI is InChI=1S/C61H45N/c1-59(2)49-25-13-8-20-42(49)46-32-30-40(36-54(46)59)62(41-31-33-47-43-21-9-14-26-50(43)60(3,4)55(47)37-41)57-35-39(38-18-6-5-7-19-38)34-56-58(57)48-24-12-17-29-53(48)61(56)51-27-15-10-22-44(51)45-23-11-16-28-52(45)61/h5-37H,1-4H3. The van der Waals surface area contributed by atoms with Crippen molar-refractivity contribution in [1.82, 2.24) is 0 Å². The molecule has 0 heterocycles. The van der Waals surface area contributed by atoms with Gasteiger partial charge in [0.05, 0.1) is 11.1 Å². The summed E-state index contributed by atoms with van der Waals surface area (Å²) in [4.78, 5) is 2.60. The van der Waals surface area contributed by atoms with Crippen LogP contribution in [0.15, 0.2) is 200 Å². The van der Waals surface area contributed by atoms with Gasteiger partial charge in [-0.3, -0.25) is 0 Å². The molecular formula is C61H45N. The number of fused-ring (bicyclic) bond motifs is 16. The Hall–Kier alpha value is -7.22. The first-order valence-corrected chi connectivity index (χ1v) is 22.1. The molecule has 1 spiro atoms. The van der Waals surface area contributed by atoms with Gasteiger partial charge in [0.2, 0.25) is 0 Å². The maximum absolute atomic E-state index is 2.60. The van der Waals surface area contributed by atoms with Gasteiger partial charge in [-0.05, 0) is 131 Å². The van der Waals surface area contributed by atoms with Crippen molar-refractivity contribution in [3.05, 3.63) is 245 Å². The second-order valence-corrected chi connectivity index (χ2v) is 18.8. The Morgan fingerprint density at radius 2 is 0.677 bits per heavy atom. The van der Waals surface area contributed by atoms with Crippen LogP contribution in [0.5, 0.6) is 0 Å². The van der Waals surface area contributed by atoms with Gasteiger partial charge < -0.3 is 4.90 Å². The number of anilines is 3. The number of hydrogen-bond acceptors (Lipinski definition) is 1. The second kappa shape index (κ2) is 12.4. The number of benzene rings is 9. The molecule has 0 amide bonds. The average Bonchev–Trinajstić information content (AvgIpc) is 3.95. The van der Waals surface area contributed by atoms with Crippen molar-refractivity contribution in [2.45, 2.75) is 43.9 Å². The molecule has 0 bridgehead atoms. The topological polar surface area (TPSA) is 3.24 Å². The highest BCUT2D eigenvalue weighted by molar-refractivity contribution is 6.03. The molecule has 4 aliphatic carbocycles. The van der Waals surface area contributed by atoms with Crippen molar-refractivity contribution in [1.29, 1.82) is 0 Å².